The van der Waals surface area contributed by atoms with E-state index in [4.69, 9.17) is 25.2 Å². The molecule has 2 aromatic carbocycles. The van der Waals surface area contributed by atoms with E-state index in [1.54, 1.807) is 35.2 Å². The number of hydrogen-bond acceptors (Lipinski definition) is 7. The summed E-state index contributed by atoms with van der Waals surface area (Å²) in [6.07, 6.45) is -5.08. The Hall–Kier alpha value is -4.62. The number of fused-ring (bicyclic) bond motifs is 1. The lowest BCUT2D eigenvalue weighted by Crippen LogP contribution is -2.30. The highest BCUT2D eigenvalue weighted by Gasteiger charge is 2.38. The van der Waals surface area contributed by atoms with Crippen molar-refractivity contribution in [3.63, 3.8) is 0 Å². The molecule has 0 bridgehead atoms. The van der Waals surface area contributed by atoms with E-state index >= 15 is 0 Å². The van der Waals surface area contributed by atoms with Gasteiger partial charge in [-0.05, 0) is 53.8 Å². The van der Waals surface area contributed by atoms with Crippen molar-refractivity contribution < 1.29 is 47.3 Å². The number of nitrogens with one attached hydrogen (secondary N) is 3. The molecular weight excluding hydrogens is 561 g/mol. The van der Waals surface area contributed by atoms with Gasteiger partial charge in [-0.25, -0.2) is 4.79 Å². The number of halogens is 3. The van der Waals surface area contributed by atoms with Crippen molar-refractivity contribution in [1.82, 2.24) is 10.2 Å². The number of amidine groups is 1. The normalized spacial score (nSPS) is 12.6. The largest absolute Gasteiger partial charge is 0.493 e. The van der Waals surface area contributed by atoms with Gasteiger partial charge in [0.1, 0.15) is 18.1 Å². The predicted octanol–water partition coefficient (Wildman–Crippen LogP) is 3.90. The van der Waals surface area contributed by atoms with Gasteiger partial charge in [-0.3, -0.25) is 19.8 Å². The van der Waals surface area contributed by atoms with Crippen molar-refractivity contribution in [1.29, 1.82) is 5.41 Å². The van der Waals surface area contributed by atoms with Gasteiger partial charge in [0.15, 0.2) is 5.78 Å². The van der Waals surface area contributed by atoms with E-state index in [1.165, 1.54) is 7.05 Å². The minimum Gasteiger partial charge on any atom is -0.493 e. The molecule has 1 aliphatic heterocycles. The molecule has 0 aromatic heterocycles. The molecular formula is C28H33F3N4O7. The van der Waals surface area contributed by atoms with Crippen molar-refractivity contribution in [2.45, 2.75) is 45.8 Å². The molecule has 3 rings (SSSR count). The number of carboxylic acids is 2. The minimum absolute atomic E-state index is 0.00171. The van der Waals surface area contributed by atoms with E-state index in [-0.39, 0.29) is 36.0 Å². The number of ketones is 1. The molecule has 0 atom stereocenters. The number of hydrogen-bond donors (Lipinski definition) is 5. The number of amides is 1. The van der Waals surface area contributed by atoms with Crippen LogP contribution in [0.25, 0.3) is 0 Å². The number of nitrogens with zero attached hydrogens (tertiary/aromatic N) is 1. The molecule has 1 amide bonds. The second kappa shape index (κ2) is 13.4. The van der Waals surface area contributed by atoms with Crippen molar-refractivity contribution in [2.24, 2.45) is 0 Å². The zero-order chi connectivity index (χ0) is 32.0. The standard InChI is InChI=1S/C26H32N4O5.C2HF3O2/c1-6-35-22-10-16-13-30(24(27)17(16)11-18(22)25(34)28-5)14-21(31)15-7-8-20(29-12-23(32)33)19(9-15)26(2,3)4;3-2(4,5)1(6)7/h7-11,27,29H,6,12-14H2,1-5H3,(H,28,34)(H,32,33);(H,6,7). The first kappa shape index (κ1) is 33.6. The van der Waals surface area contributed by atoms with Gasteiger partial charge in [-0.1, -0.05) is 20.8 Å². The summed E-state index contributed by atoms with van der Waals surface area (Å²) in [6, 6.07) is 8.60. The Labute approximate surface area is 240 Å². The number of rotatable bonds is 9. The average Bonchev–Trinajstić information content (AvgIpc) is 3.19. The van der Waals surface area contributed by atoms with Gasteiger partial charge in [-0.2, -0.15) is 13.2 Å². The quantitative estimate of drug-likeness (QED) is 0.270. The molecule has 0 aliphatic carbocycles. The van der Waals surface area contributed by atoms with Gasteiger partial charge in [0.25, 0.3) is 5.91 Å². The first-order valence-corrected chi connectivity index (χ1v) is 12.7. The van der Waals surface area contributed by atoms with Gasteiger partial charge in [0.05, 0.1) is 18.7 Å². The Morgan fingerprint density at radius 3 is 2.19 bits per heavy atom. The number of carbonyl (C=O) groups excluding carboxylic acids is 2. The second-order valence-corrected chi connectivity index (χ2v) is 10.2. The molecule has 0 fully saturated rings. The molecule has 0 unspecified atom stereocenters. The molecule has 1 heterocycles. The summed E-state index contributed by atoms with van der Waals surface area (Å²) in [7, 11) is 1.54. The molecule has 0 radical (unpaired) electrons. The average molecular weight is 595 g/mol. The lowest BCUT2D eigenvalue weighted by atomic mass is 9.84. The highest BCUT2D eigenvalue weighted by atomic mass is 19.4. The highest BCUT2D eigenvalue weighted by Crippen LogP contribution is 2.33. The molecule has 2 aromatic rings. The van der Waals surface area contributed by atoms with Gasteiger partial charge in [0, 0.05) is 30.4 Å². The van der Waals surface area contributed by atoms with Crippen LogP contribution in [-0.2, 0) is 21.5 Å². The van der Waals surface area contributed by atoms with Gasteiger partial charge < -0.3 is 30.5 Å². The zero-order valence-electron chi connectivity index (χ0n) is 23.7. The number of carbonyl (C=O) groups is 4. The highest BCUT2D eigenvalue weighted by molar-refractivity contribution is 6.07. The lowest BCUT2D eigenvalue weighted by molar-refractivity contribution is -0.192. The first-order valence-electron chi connectivity index (χ1n) is 12.7. The van der Waals surface area contributed by atoms with Crippen LogP contribution in [0.1, 0.15) is 65.1 Å². The molecule has 14 heteroatoms. The summed E-state index contributed by atoms with van der Waals surface area (Å²) in [4.78, 5) is 47.1. The molecule has 11 nitrogen and oxygen atoms in total. The molecule has 5 N–H and O–H groups in total. The number of alkyl halides is 3. The third-order valence-corrected chi connectivity index (χ3v) is 6.07. The maximum Gasteiger partial charge on any atom is 0.490 e. The zero-order valence-corrected chi connectivity index (χ0v) is 23.7. The van der Waals surface area contributed by atoms with Gasteiger partial charge >= 0.3 is 18.1 Å². The topological polar surface area (TPSA) is 169 Å². The number of ether oxygens (including phenoxy) is 1. The number of benzene rings is 2. The summed E-state index contributed by atoms with van der Waals surface area (Å²) in [5.74, 6) is -3.56. The summed E-state index contributed by atoms with van der Waals surface area (Å²) in [5, 5.41) is 30.3. The minimum atomic E-state index is -5.08. The van der Waals surface area contributed by atoms with Crippen LogP contribution in [0.15, 0.2) is 30.3 Å². The smallest absolute Gasteiger partial charge is 0.490 e. The van der Waals surface area contributed by atoms with Crippen molar-refractivity contribution >= 4 is 35.2 Å². The van der Waals surface area contributed by atoms with E-state index in [0.29, 0.717) is 41.3 Å². The van der Waals surface area contributed by atoms with E-state index < -0.39 is 18.1 Å². The van der Waals surface area contributed by atoms with Crippen molar-refractivity contribution in [3.8, 4) is 5.75 Å². The van der Waals surface area contributed by atoms with Crippen LogP contribution in [0.3, 0.4) is 0 Å². The fraction of sp³-hybridized carbons (Fsp3) is 0.393. The maximum atomic E-state index is 13.2. The fourth-order valence-electron chi connectivity index (χ4n) is 4.08. The van der Waals surface area contributed by atoms with E-state index in [1.807, 2.05) is 27.7 Å². The van der Waals surface area contributed by atoms with Crippen molar-refractivity contribution in [3.05, 3.63) is 58.1 Å². The van der Waals surface area contributed by atoms with Crippen LogP contribution in [-0.4, -0.2) is 77.5 Å². The second-order valence-electron chi connectivity index (χ2n) is 10.2. The van der Waals surface area contributed by atoms with Gasteiger partial charge in [0.2, 0.25) is 0 Å². The number of anilines is 1. The number of carboxylic acid groups (broad SMARTS) is 2. The van der Waals surface area contributed by atoms with Crippen LogP contribution in [0.4, 0.5) is 18.9 Å². The van der Waals surface area contributed by atoms with Crippen LogP contribution < -0.4 is 15.4 Å². The molecule has 0 spiro atoms. The third kappa shape index (κ3) is 8.44. The molecule has 228 valence electrons. The third-order valence-electron chi connectivity index (χ3n) is 6.07. The summed E-state index contributed by atoms with van der Waals surface area (Å²) in [5.41, 5.74) is 3.44. The fourth-order valence-corrected chi connectivity index (χ4v) is 4.08. The monoisotopic (exact) mass is 594 g/mol. The number of aliphatic carboxylic acids is 2. The number of Topliss-reactive ketones (excluding diaryl/α,β-unsaturated/α-hetero) is 1. The lowest BCUT2D eigenvalue weighted by Gasteiger charge is -2.24. The van der Waals surface area contributed by atoms with Gasteiger partial charge in [-0.15, -0.1) is 0 Å². The van der Waals surface area contributed by atoms with Crippen LogP contribution in [0.5, 0.6) is 5.75 Å². The van der Waals surface area contributed by atoms with Crippen LogP contribution >= 0.6 is 0 Å². The molecule has 0 saturated carbocycles. The summed E-state index contributed by atoms with van der Waals surface area (Å²) in [6.45, 7) is 8.36. The SMILES string of the molecule is CCOc1cc2c(cc1C(=O)NC)C(=N)N(CC(=O)c1ccc(NCC(=O)O)c(C(C)(C)C)c1)C2.O=C(O)C(F)(F)F. The summed E-state index contributed by atoms with van der Waals surface area (Å²) < 4.78 is 37.4. The molecule has 1 aliphatic rings. The summed E-state index contributed by atoms with van der Waals surface area (Å²) >= 11 is 0. The van der Waals surface area contributed by atoms with Crippen molar-refractivity contribution in [2.75, 3.05) is 32.1 Å². The predicted molar refractivity (Wildman–Crippen MR) is 148 cm³/mol. The molecule has 0 saturated heterocycles. The Morgan fingerprint density at radius 2 is 1.69 bits per heavy atom. The van der Waals surface area contributed by atoms with Crippen LogP contribution in [0.2, 0.25) is 0 Å². The Bertz CT molecular complexity index is 1380. The maximum absolute atomic E-state index is 13.2. The Kier molecular flexibility index (Phi) is 10.7. The molecule has 42 heavy (non-hydrogen) atoms. The van der Waals surface area contributed by atoms with E-state index in [9.17, 15) is 27.6 Å². The first-order chi connectivity index (χ1) is 19.4. The van der Waals surface area contributed by atoms with E-state index in [2.05, 4.69) is 10.6 Å². The Balaban J connectivity index is 0.000000782. The van der Waals surface area contributed by atoms with E-state index in [0.717, 1.165) is 11.1 Å². The van der Waals surface area contributed by atoms with Crippen LogP contribution in [0, 0.1) is 5.41 Å². The Morgan fingerprint density at radius 1 is 1.07 bits per heavy atom.